The Kier molecular flexibility index (Phi) is 3.45. The van der Waals surface area contributed by atoms with Crippen molar-refractivity contribution in [1.82, 2.24) is 4.98 Å². The zero-order chi connectivity index (χ0) is 14.1. The first-order valence-electron chi connectivity index (χ1n) is 6.68. The van der Waals surface area contributed by atoms with E-state index in [1.807, 2.05) is 17.0 Å². The van der Waals surface area contributed by atoms with Crippen molar-refractivity contribution in [2.45, 2.75) is 19.8 Å². The van der Waals surface area contributed by atoms with Gasteiger partial charge in [0.2, 0.25) is 0 Å². The molecular weight excluding hydrogens is 272 g/mol. The molecule has 0 radical (unpaired) electrons. The molecular formula is C16H15ClN2O. The van der Waals surface area contributed by atoms with Gasteiger partial charge in [-0.25, -0.2) is 4.98 Å². The molecule has 1 amide bonds. The minimum Gasteiger partial charge on any atom is -0.308 e. The lowest BCUT2D eigenvalue weighted by molar-refractivity contribution is 0.0985. The maximum absolute atomic E-state index is 12.6. The van der Waals surface area contributed by atoms with Crippen LogP contribution in [0.25, 0.3) is 0 Å². The van der Waals surface area contributed by atoms with Gasteiger partial charge in [-0.1, -0.05) is 29.3 Å². The van der Waals surface area contributed by atoms with Crippen LogP contribution in [0.4, 0.5) is 5.69 Å². The van der Waals surface area contributed by atoms with Gasteiger partial charge in [-0.05, 0) is 43.5 Å². The predicted octanol–water partition coefficient (Wildman–Crippen LogP) is 3.64. The van der Waals surface area contributed by atoms with Crippen LogP contribution in [0, 0.1) is 6.92 Å². The number of aromatic nitrogens is 1. The molecule has 3 nitrogen and oxygen atoms in total. The smallest absolute Gasteiger partial charge is 0.259 e. The quantitative estimate of drug-likeness (QED) is 0.750. The van der Waals surface area contributed by atoms with Gasteiger partial charge in [0, 0.05) is 18.4 Å². The molecule has 1 aromatic carbocycles. The second-order valence-electron chi connectivity index (χ2n) is 5.06. The molecule has 1 aliphatic heterocycles. The summed E-state index contributed by atoms with van der Waals surface area (Å²) in [5, 5.41) is 0.399. The molecule has 2 heterocycles. The Bertz CT molecular complexity index is 652. The van der Waals surface area contributed by atoms with Gasteiger partial charge >= 0.3 is 0 Å². The first kappa shape index (κ1) is 13.1. The highest BCUT2D eigenvalue weighted by molar-refractivity contribution is 6.29. The van der Waals surface area contributed by atoms with Gasteiger partial charge in [-0.3, -0.25) is 4.79 Å². The summed E-state index contributed by atoms with van der Waals surface area (Å²) in [6.45, 7) is 2.82. The highest BCUT2D eigenvalue weighted by atomic mass is 35.5. The van der Waals surface area contributed by atoms with E-state index in [1.54, 1.807) is 12.1 Å². The Balaban J connectivity index is 1.96. The van der Waals surface area contributed by atoms with Crippen molar-refractivity contribution in [3.63, 3.8) is 0 Å². The number of carbonyl (C=O) groups excluding carboxylic acids is 1. The molecule has 0 unspecified atom stereocenters. The van der Waals surface area contributed by atoms with E-state index < -0.39 is 0 Å². The van der Waals surface area contributed by atoms with E-state index >= 15 is 0 Å². The fraction of sp³-hybridized carbons (Fsp3) is 0.250. The van der Waals surface area contributed by atoms with Crippen LogP contribution in [-0.4, -0.2) is 17.4 Å². The van der Waals surface area contributed by atoms with Crippen molar-refractivity contribution >= 4 is 23.2 Å². The number of amides is 1. The lowest BCUT2D eigenvalue weighted by Crippen LogP contribution is -2.35. The molecule has 0 fully saturated rings. The molecule has 1 aromatic heterocycles. The van der Waals surface area contributed by atoms with E-state index in [-0.39, 0.29) is 5.91 Å². The summed E-state index contributed by atoms with van der Waals surface area (Å²) in [5.74, 6) is -0.0148. The van der Waals surface area contributed by atoms with E-state index in [0.717, 1.165) is 25.1 Å². The molecule has 1 aliphatic rings. The summed E-state index contributed by atoms with van der Waals surface area (Å²) in [4.78, 5) is 18.4. The fourth-order valence-electron chi connectivity index (χ4n) is 2.60. The minimum absolute atomic E-state index is 0.0148. The monoisotopic (exact) mass is 286 g/mol. The van der Waals surface area contributed by atoms with Crippen molar-refractivity contribution in [2.24, 2.45) is 0 Å². The SMILES string of the molecule is Cc1ccc2c(c1)CCCN2C(=O)c1ccc(Cl)nc1. The van der Waals surface area contributed by atoms with Crippen LogP contribution >= 0.6 is 11.6 Å². The molecule has 0 spiro atoms. The number of hydrogen-bond donors (Lipinski definition) is 0. The van der Waals surface area contributed by atoms with Crippen LogP contribution in [0.15, 0.2) is 36.5 Å². The van der Waals surface area contributed by atoms with Crippen LogP contribution in [0.1, 0.15) is 27.9 Å². The number of nitrogens with zero attached hydrogens (tertiary/aromatic N) is 2. The number of carbonyl (C=O) groups is 1. The first-order valence-corrected chi connectivity index (χ1v) is 7.06. The third kappa shape index (κ3) is 2.41. The Morgan fingerprint density at radius 3 is 2.90 bits per heavy atom. The molecule has 3 rings (SSSR count). The second-order valence-corrected chi connectivity index (χ2v) is 5.45. The van der Waals surface area contributed by atoms with Crippen molar-refractivity contribution < 1.29 is 4.79 Å². The number of benzene rings is 1. The molecule has 2 aromatic rings. The van der Waals surface area contributed by atoms with E-state index in [4.69, 9.17) is 11.6 Å². The average Bonchev–Trinajstić information content (AvgIpc) is 2.46. The van der Waals surface area contributed by atoms with Crippen LogP contribution in [-0.2, 0) is 6.42 Å². The molecule has 0 aliphatic carbocycles. The standard InChI is InChI=1S/C16H15ClN2O/c1-11-4-6-14-12(9-11)3-2-8-19(14)16(20)13-5-7-15(17)18-10-13/h4-7,9-10H,2-3,8H2,1H3. The highest BCUT2D eigenvalue weighted by Crippen LogP contribution is 2.29. The van der Waals surface area contributed by atoms with E-state index in [1.165, 1.54) is 17.3 Å². The fourth-order valence-corrected chi connectivity index (χ4v) is 2.71. The molecule has 0 saturated carbocycles. The summed E-state index contributed by atoms with van der Waals surface area (Å²) >= 11 is 5.76. The highest BCUT2D eigenvalue weighted by Gasteiger charge is 2.23. The molecule has 20 heavy (non-hydrogen) atoms. The molecule has 4 heteroatoms. The molecule has 0 atom stereocenters. The zero-order valence-corrected chi connectivity index (χ0v) is 12.0. The maximum atomic E-state index is 12.6. The Hall–Kier alpha value is -1.87. The van der Waals surface area contributed by atoms with Crippen molar-refractivity contribution in [2.75, 3.05) is 11.4 Å². The van der Waals surface area contributed by atoms with Crippen LogP contribution in [0.2, 0.25) is 5.15 Å². The van der Waals surface area contributed by atoms with E-state index in [9.17, 15) is 4.79 Å². The lowest BCUT2D eigenvalue weighted by atomic mass is 9.99. The summed E-state index contributed by atoms with van der Waals surface area (Å²) in [5.41, 5.74) is 4.06. The van der Waals surface area contributed by atoms with Gasteiger partial charge in [0.05, 0.1) is 5.56 Å². The van der Waals surface area contributed by atoms with Gasteiger partial charge in [0.15, 0.2) is 0 Å². The molecule has 102 valence electrons. The lowest BCUT2D eigenvalue weighted by Gasteiger charge is -2.29. The van der Waals surface area contributed by atoms with E-state index in [0.29, 0.717) is 10.7 Å². The predicted molar refractivity (Wildman–Crippen MR) is 80.4 cm³/mol. The Labute approximate surface area is 123 Å². The van der Waals surface area contributed by atoms with Crippen molar-refractivity contribution in [3.05, 3.63) is 58.4 Å². The molecule has 0 N–H and O–H groups in total. The summed E-state index contributed by atoms with van der Waals surface area (Å²) in [6, 6.07) is 9.61. The van der Waals surface area contributed by atoms with E-state index in [2.05, 4.69) is 18.0 Å². The molecule has 0 saturated heterocycles. The normalized spacial score (nSPS) is 14.0. The number of halogens is 1. The number of anilines is 1. The minimum atomic E-state index is -0.0148. The van der Waals surface area contributed by atoms with Crippen LogP contribution < -0.4 is 4.90 Å². The van der Waals surface area contributed by atoms with Gasteiger partial charge in [0.1, 0.15) is 5.15 Å². The topological polar surface area (TPSA) is 33.2 Å². The number of hydrogen-bond acceptors (Lipinski definition) is 2. The Morgan fingerprint density at radius 1 is 1.30 bits per heavy atom. The first-order chi connectivity index (χ1) is 9.65. The third-order valence-electron chi connectivity index (χ3n) is 3.57. The summed E-state index contributed by atoms with van der Waals surface area (Å²) < 4.78 is 0. The number of pyridine rings is 1. The van der Waals surface area contributed by atoms with Crippen LogP contribution in [0.5, 0.6) is 0 Å². The zero-order valence-electron chi connectivity index (χ0n) is 11.3. The maximum Gasteiger partial charge on any atom is 0.259 e. The second kappa shape index (κ2) is 5.25. The third-order valence-corrected chi connectivity index (χ3v) is 3.80. The summed E-state index contributed by atoms with van der Waals surface area (Å²) in [6.07, 6.45) is 3.55. The number of rotatable bonds is 1. The van der Waals surface area contributed by atoms with Crippen LogP contribution in [0.3, 0.4) is 0 Å². The molecule has 0 bridgehead atoms. The summed E-state index contributed by atoms with van der Waals surface area (Å²) in [7, 11) is 0. The number of fused-ring (bicyclic) bond motifs is 1. The van der Waals surface area contributed by atoms with Crippen molar-refractivity contribution in [3.8, 4) is 0 Å². The van der Waals surface area contributed by atoms with Crippen molar-refractivity contribution in [1.29, 1.82) is 0 Å². The van der Waals surface area contributed by atoms with Gasteiger partial charge < -0.3 is 4.90 Å². The number of aryl methyl sites for hydroxylation is 2. The van der Waals surface area contributed by atoms with Gasteiger partial charge in [0.25, 0.3) is 5.91 Å². The van der Waals surface area contributed by atoms with Gasteiger partial charge in [-0.2, -0.15) is 0 Å². The largest absolute Gasteiger partial charge is 0.308 e. The average molecular weight is 287 g/mol. The Morgan fingerprint density at radius 2 is 2.15 bits per heavy atom. The van der Waals surface area contributed by atoms with Gasteiger partial charge in [-0.15, -0.1) is 0 Å².